The molecule has 4 aliphatic rings. The van der Waals surface area contributed by atoms with E-state index in [1.807, 2.05) is 13.4 Å². The summed E-state index contributed by atoms with van der Waals surface area (Å²) in [6.07, 6.45) is 13.9. The SMILES string of the molecule is CO[C@]1(c2ccoc2)CC[C@]2(O)[C@@H]3CC[C@@H]4C[C@@H](O[Si](C)(C)C(C)(C)C)CC[C@]4(C)[C@H]3CC[C@]12C. The lowest BCUT2D eigenvalue weighted by atomic mass is 9.43. The van der Waals surface area contributed by atoms with E-state index in [1.165, 1.54) is 32.1 Å². The first-order valence-corrected chi connectivity index (χ1v) is 17.1. The van der Waals surface area contributed by atoms with Crippen molar-refractivity contribution in [2.24, 2.45) is 28.6 Å². The zero-order valence-corrected chi connectivity index (χ0v) is 24.6. The van der Waals surface area contributed by atoms with Gasteiger partial charge in [-0.25, -0.2) is 0 Å². The Morgan fingerprint density at radius 2 is 1.74 bits per heavy atom. The molecule has 0 radical (unpaired) electrons. The average Bonchev–Trinajstić information content (AvgIpc) is 3.39. The normalized spacial score (nSPS) is 46.1. The fourth-order valence-electron chi connectivity index (χ4n) is 9.29. The van der Waals surface area contributed by atoms with Crippen LogP contribution in [-0.4, -0.2) is 32.2 Å². The van der Waals surface area contributed by atoms with Crippen molar-refractivity contribution in [1.82, 2.24) is 0 Å². The van der Waals surface area contributed by atoms with Crippen LogP contribution >= 0.6 is 0 Å². The zero-order valence-electron chi connectivity index (χ0n) is 23.6. The summed E-state index contributed by atoms with van der Waals surface area (Å²) in [6, 6.07) is 2.05. The molecule has 1 heterocycles. The van der Waals surface area contributed by atoms with Crippen LogP contribution in [-0.2, 0) is 14.8 Å². The molecule has 0 aliphatic heterocycles. The predicted octanol–water partition coefficient (Wildman–Crippen LogP) is 7.67. The van der Waals surface area contributed by atoms with Gasteiger partial charge in [-0.05, 0) is 105 Å². The van der Waals surface area contributed by atoms with E-state index in [2.05, 4.69) is 53.8 Å². The Hall–Kier alpha value is -0.623. The number of furan rings is 1. The average molecular weight is 503 g/mol. The topological polar surface area (TPSA) is 51.8 Å². The number of aliphatic hydroxyl groups is 1. The Bertz CT molecular complexity index is 921. The molecule has 4 nitrogen and oxygen atoms in total. The van der Waals surface area contributed by atoms with Gasteiger partial charge in [-0.2, -0.15) is 0 Å². The second kappa shape index (κ2) is 8.19. The van der Waals surface area contributed by atoms with Crippen molar-refractivity contribution in [3.05, 3.63) is 24.2 Å². The molecule has 1 aromatic rings. The molecule has 0 spiro atoms. The molecule has 198 valence electrons. The highest BCUT2D eigenvalue weighted by Crippen LogP contribution is 2.72. The molecule has 0 bridgehead atoms. The monoisotopic (exact) mass is 502 g/mol. The summed E-state index contributed by atoms with van der Waals surface area (Å²) in [4.78, 5) is 0. The smallest absolute Gasteiger partial charge is 0.192 e. The van der Waals surface area contributed by atoms with E-state index in [9.17, 15) is 5.11 Å². The number of hydrogen-bond donors (Lipinski definition) is 1. The van der Waals surface area contributed by atoms with E-state index in [0.29, 0.717) is 29.3 Å². The first-order chi connectivity index (χ1) is 16.2. The molecule has 35 heavy (non-hydrogen) atoms. The van der Waals surface area contributed by atoms with E-state index in [1.54, 1.807) is 6.26 Å². The van der Waals surface area contributed by atoms with E-state index in [-0.39, 0.29) is 10.5 Å². The number of ether oxygens (including phenoxy) is 1. The van der Waals surface area contributed by atoms with Crippen LogP contribution in [0.25, 0.3) is 0 Å². The molecule has 1 aromatic heterocycles. The maximum Gasteiger partial charge on any atom is 0.192 e. The van der Waals surface area contributed by atoms with Gasteiger partial charge in [0.25, 0.3) is 0 Å². The summed E-state index contributed by atoms with van der Waals surface area (Å²) >= 11 is 0. The second-order valence-corrected chi connectivity index (χ2v) is 19.4. The zero-order chi connectivity index (χ0) is 25.5. The fourth-order valence-corrected chi connectivity index (χ4v) is 10.7. The number of rotatable bonds is 4. The Kier molecular flexibility index (Phi) is 6.08. The number of methoxy groups -OCH3 is 1. The van der Waals surface area contributed by atoms with E-state index >= 15 is 0 Å². The molecule has 5 rings (SSSR count). The molecule has 4 fully saturated rings. The molecule has 0 unspecified atom stereocenters. The van der Waals surface area contributed by atoms with Crippen LogP contribution in [0.4, 0.5) is 0 Å². The summed E-state index contributed by atoms with van der Waals surface area (Å²) in [7, 11) is 0.0757. The third-order valence-corrected chi connectivity index (χ3v) is 17.1. The quantitative estimate of drug-likeness (QED) is 0.429. The first-order valence-electron chi connectivity index (χ1n) is 14.2. The van der Waals surface area contributed by atoms with E-state index < -0.39 is 19.5 Å². The van der Waals surface area contributed by atoms with Gasteiger partial charge in [0.2, 0.25) is 0 Å². The van der Waals surface area contributed by atoms with Crippen molar-refractivity contribution in [3.8, 4) is 0 Å². The highest BCUT2D eigenvalue weighted by molar-refractivity contribution is 6.74. The van der Waals surface area contributed by atoms with Crippen LogP contribution in [0.2, 0.25) is 18.1 Å². The van der Waals surface area contributed by atoms with Crippen LogP contribution in [0.15, 0.2) is 23.0 Å². The highest BCUT2D eigenvalue weighted by Gasteiger charge is 2.72. The van der Waals surface area contributed by atoms with Gasteiger partial charge in [-0.15, -0.1) is 0 Å². The first kappa shape index (κ1) is 26.0. The summed E-state index contributed by atoms with van der Waals surface area (Å²) in [6.45, 7) is 16.7. The fraction of sp³-hybridized carbons (Fsp3) is 0.867. The summed E-state index contributed by atoms with van der Waals surface area (Å²) in [5.41, 5.74) is -0.0509. The van der Waals surface area contributed by atoms with Gasteiger partial charge in [0.15, 0.2) is 8.32 Å². The minimum atomic E-state index is -1.76. The number of fused-ring (bicyclic) bond motifs is 5. The molecule has 0 saturated heterocycles. The van der Waals surface area contributed by atoms with E-state index in [0.717, 1.165) is 31.2 Å². The minimum absolute atomic E-state index is 0.258. The van der Waals surface area contributed by atoms with Gasteiger partial charge in [0.1, 0.15) is 5.60 Å². The van der Waals surface area contributed by atoms with Crippen LogP contribution in [0, 0.1) is 28.6 Å². The molecular formula is C30H50O4Si. The summed E-state index contributed by atoms with van der Waals surface area (Å²) in [5, 5.41) is 12.9. The standard InChI is InChI=1S/C30H50O4Si/c1-26(2,3)35(7,8)34-23-11-14-27(4)21(19-23)9-10-25-24(27)12-15-28(5)29(25,31)16-17-30(28,32-6)22-13-18-33-20-22/h13,18,20-21,23-25,31H,9-12,14-17,19H2,1-8H3/t21-,23+,24+,25-,27+,28+,29+,30+/m1/s1. The maximum atomic E-state index is 12.6. The molecular weight excluding hydrogens is 452 g/mol. The van der Waals surface area contributed by atoms with Crippen LogP contribution in [0.5, 0.6) is 0 Å². The molecule has 1 N–H and O–H groups in total. The summed E-state index contributed by atoms with van der Waals surface area (Å²) in [5.74, 6) is 1.65. The molecule has 0 amide bonds. The molecule has 8 atom stereocenters. The van der Waals surface area contributed by atoms with Crippen molar-refractivity contribution in [1.29, 1.82) is 0 Å². The van der Waals surface area contributed by atoms with Gasteiger partial charge in [0.05, 0.1) is 18.1 Å². The summed E-state index contributed by atoms with van der Waals surface area (Å²) < 4.78 is 18.8. The van der Waals surface area contributed by atoms with Gasteiger partial charge >= 0.3 is 0 Å². The molecule has 4 saturated carbocycles. The van der Waals surface area contributed by atoms with Gasteiger partial charge in [-0.1, -0.05) is 34.6 Å². The Balaban J connectivity index is 1.39. The molecule has 0 aromatic carbocycles. The van der Waals surface area contributed by atoms with Crippen LogP contribution in [0.3, 0.4) is 0 Å². The lowest BCUT2D eigenvalue weighted by Crippen LogP contribution is -2.65. The van der Waals surface area contributed by atoms with Crippen molar-refractivity contribution in [2.75, 3.05) is 7.11 Å². The largest absolute Gasteiger partial charge is 0.472 e. The Morgan fingerprint density at radius 1 is 1.00 bits per heavy atom. The van der Waals surface area contributed by atoms with Gasteiger partial charge < -0.3 is 18.7 Å². The van der Waals surface area contributed by atoms with Crippen LogP contribution in [0.1, 0.15) is 98.0 Å². The second-order valence-electron chi connectivity index (χ2n) is 14.6. The van der Waals surface area contributed by atoms with Gasteiger partial charge in [0, 0.05) is 24.2 Å². The molecule has 4 aliphatic carbocycles. The molecule has 5 heteroatoms. The van der Waals surface area contributed by atoms with Gasteiger partial charge in [-0.3, -0.25) is 0 Å². The lowest BCUT2D eigenvalue weighted by molar-refractivity contribution is -0.243. The van der Waals surface area contributed by atoms with Crippen molar-refractivity contribution in [3.63, 3.8) is 0 Å². The number of hydrogen-bond acceptors (Lipinski definition) is 4. The Labute approximate surface area is 214 Å². The van der Waals surface area contributed by atoms with Crippen molar-refractivity contribution < 1.29 is 18.7 Å². The predicted molar refractivity (Wildman–Crippen MR) is 143 cm³/mol. The third-order valence-electron chi connectivity index (χ3n) is 12.5. The maximum absolute atomic E-state index is 12.6. The van der Waals surface area contributed by atoms with Crippen LogP contribution < -0.4 is 0 Å². The van der Waals surface area contributed by atoms with Crippen molar-refractivity contribution >= 4 is 8.32 Å². The third kappa shape index (κ3) is 3.47. The Morgan fingerprint density at radius 3 is 2.37 bits per heavy atom. The lowest BCUT2D eigenvalue weighted by Gasteiger charge is -2.65. The highest BCUT2D eigenvalue weighted by atomic mass is 28.4. The van der Waals surface area contributed by atoms with Crippen molar-refractivity contribution in [2.45, 2.75) is 128 Å². The minimum Gasteiger partial charge on any atom is -0.472 e. The van der Waals surface area contributed by atoms with E-state index in [4.69, 9.17) is 13.6 Å².